The molecule has 124 valence electrons. The van der Waals surface area contributed by atoms with Crippen molar-refractivity contribution in [1.29, 1.82) is 0 Å². The van der Waals surface area contributed by atoms with Crippen molar-refractivity contribution in [3.63, 3.8) is 0 Å². The first-order valence-corrected chi connectivity index (χ1v) is 7.78. The second kappa shape index (κ2) is 4.54. The fourth-order valence-electron chi connectivity index (χ4n) is 4.22. The van der Waals surface area contributed by atoms with Crippen LogP contribution in [0.25, 0.3) is 0 Å². The molecule has 24 heavy (non-hydrogen) atoms. The van der Waals surface area contributed by atoms with Gasteiger partial charge in [-0.3, -0.25) is 9.59 Å². The molecule has 0 unspecified atom stereocenters. The first-order valence-electron chi connectivity index (χ1n) is 7.78. The molecule has 2 saturated heterocycles. The van der Waals surface area contributed by atoms with Crippen LogP contribution in [-0.2, 0) is 19.1 Å². The van der Waals surface area contributed by atoms with E-state index in [2.05, 4.69) is 0 Å². The Kier molecular flexibility index (Phi) is 2.85. The molecule has 4 rings (SSSR count). The average molecular weight is 327 g/mol. The predicted octanol–water partition coefficient (Wildman–Crippen LogP) is 1.70. The standard InChI is InChI=1S/C18H17NO5/c1-17-8-9-18(2,24-17)13-12(17)14(20)19(15(13)21)11-7-5-4-6-10(11)16(22)23-3/h4-9,12-13H,1-3H3/t12-,13-,17+,18+/m1/s1. The number of benzene rings is 1. The number of imide groups is 1. The summed E-state index contributed by atoms with van der Waals surface area (Å²) in [6.45, 7) is 3.64. The van der Waals surface area contributed by atoms with E-state index in [9.17, 15) is 14.4 Å². The molecule has 0 aliphatic carbocycles. The van der Waals surface area contributed by atoms with Crippen LogP contribution >= 0.6 is 0 Å². The highest BCUT2D eigenvalue weighted by Gasteiger charge is 2.70. The fraction of sp³-hybridized carbons (Fsp3) is 0.389. The molecule has 4 atom stereocenters. The van der Waals surface area contributed by atoms with Gasteiger partial charge < -0.3 is 9.47 Å². The zero-order valence-corrected chi connectivity index (χ0v) is 13.6. The minimum atomic E-state index is -0.791. The van der Waals surface area contributed by atoms with Crippen LogP contribution in [0.15, 0.2) is 36.4 Å². The van der Waals surface area contributed by atoms with Crippen LogP contribution in [-0.4, -0.2) is 36.1 Å². The van der Waals surface area contributed by atoms with Crippen LogP contribution in [0.2, 0.25) is 0 Å². The molecule has 0 radical (unpaired) electrons. The Balaban J connectivity index is 1.83. The lowest BCUT2D eigenvalue weighted by molar-refractivity contribution is -0.128. The van der Waals surface area contributed by atoms with Crippen molar-refractivity contribution >= 4 is 23.5 Å². The largest absolute Gasteiger partial charge is 0.465 e. The highest BCUT2D eigenvalue weighted by molar-refractivity contribution is 6.25. The van der Waals surface area contributed by atoms with E-state index in [0.29, 0.717) is 0 Å². The number of methoxy groups -OCH3 is 1. The van der Waals surface area contributed by atoms with Crippen LogP contribution in [0.5, 0.6) is 0 Å². The number of carbonyl (C=O) groups is 3. The van der Waals surface area contributed by atoms with E-state index in [1.165, 1.54) is 7.11 Å². The van der Waals surface area contributed by atoms with Gasteiger partial charge in [0.2, 0.25) is 11.8 Å². The molecule has 0 N–H and O–H groups in total. The molecule has 3 aliphatic heterocycles. The van der Waals surface area contributed by atoms with Gasteiger partial charge >= 0.3 is 5.97 Å². The van der Waals surface area contributed by atoms with Gasteiger partial charge in [-0.15, -0.1) is 0 Å². The van der Waals surface area contributed by atoms with Gasteiger partial charge in [0.05, 0.1) is 41.4 Å². The van der Waals surface area contributed by atoms with Crippen LogP contribution < -0.4 is 4.90 Å². The smallest absolute Gasteiger partial charge is 0.339 e. The van der Waals surface area contributed by atoms with Crippen molar-refractivity contribution in [2.24, 2.45) is 11.8 Å². The van der Waals surface area contributed by atoms with E-state index in [1.54, 1.807) is 24.3 Å². The molecule has 6 nitrogen and oxygen atoms in total. The summed E-state index contributed by atoms with van der Waals surface area (Å²) in [7, 11) is 1.27. The lowest BCUT2D eigenvalue weighted by Gasteiger charge is -2.26. The molecule has 6 heteroatoms. The van der Waals surface area contributed by atoms with Crippen molar-refractivity contribution < 1.29 is 23.9 Å². The average Bonchev–Trinajstić information content (AvgIpc) is 3.11. The van der Waals surface area contributed by atoms with Crippen molar-refractivity contribution in [3.05, 3.63) is 42.0 Å². The first kappa shape index (κ1) is 15.1. The topological polar surface area (TPSA) is 72.9 Å². The third-order valence-corrected chi connectivity index (χ3v) is 5.28. The molecular weight excluding hydrogens is 310 g/mol. The van der Waals surface area contributed by atoms with Gasteiger partial charge in [0.25, 0.3) is 0 Å². The number of fused-ring (bicyclic) bond motifs is 5. The highest BCUT2D eigenvalue weighted by atomic mass is 16.5. The Morgan fingerprint density at radius 1 is 1.08 bits per heavy atom. The van der Waals surface area contributed by atoms with E-state index in [-0.39, 0.29) is 23.1 Å². The first-order chi connectivity index (χ1) is 11.3. The van der Waals surface area contributed by atoms with Crippen LogP contribution in [0.3, 0.4) is 0 Å². The molecule has 0 aromatic heterocycles. The molecule has 2 amide bonds. The van der Waals surface area contributed by atoms with Gasteiger partial charge in [-0.2, -0.15) is 0 Å². The van der Waals surface area contributed by atoms with Crippen molar-refractivity contribution in [2.45, 2.75) is 25.0 Å². The number of hydrogen-bond acceptors (Lipinski definition) is 5. The van der Waals surface area contributed by atoms with Crippen molar-refractivity contribution in [1.82, 2.24) is 0 Å². The number of nitrogens with zero attached hydrogens (tertiary/aromatic N) is 1. The quantitative estimate of drug-likeness (QED) is 0.470. The predicted molar refractivity (Wildman–Crippen MR) is 84.3 cm³/mol. The molecule has 0 saturated carbocycles. The second-order valence-electron chi connectivity index (χ2n) is 6.78. The number of para-hydroxylation sites is 1. The van der Waals surface area contributed by atoms with Gasteiger partial charge in [-0.05, 0) is 26.0 Å². The summed E-state index contributed by atoms with van der Waals surface area (Å²) in [5.41, 5.74) is -1.12. The molecule has 0 spiro atoms. The lowest BCUT2D eigenvalue weighted by atomic mass is 9.73. The van der Waals surface area contributed by atoms with E-state index >= 15 is 0 Å². The Morgan fingerprint density at radius 3 is 2.17 bits per heavy atom. The molecule has 1 aromatic carbocycles. The summed E-state index contributed by atoms with van der Waals surface area (Å²) in [6.07, 6.45) is 3.71. The van der Waals surface area contributed by atoms with Crippen LogP contribution in [0.1, 0.15) is 24.2 Å². The lowest BCUT2D eigenvalue weighted by Crippen LogP contribution is -2.40. The Bertz CT molecular complexity index is 779. The number of anilines is 1. The summed E-state index contributed by atoms with van der Waals surface area (Å²) in [5, 5.41) is 0. The molecule has 2 fully saturated rings. The number of amides is 2. The van der Waals surface area contributed by atoms with E-state index < -0.39 is 29.0 Å². The minimum Gasteiger partial charge on any atom is -0.465 e. The monoisotopic (exact) mass is 327 g/mol. The number of hydrogen-bond donors (Lipinski definition) is 0. The molecular formula is C18H17NO5. The van der Waals surface area contributed by atoms with Crippen molar-refractivity contribution in [2.75, 3.05) is 12.0 Å². The maximum absolute atomic E-state index is 13.0. The van der Waals surface area contributed by atoms with Crippen LogP contribution in [0, 0.1) is 11.8 Å². The zero-order valence-electron chi connectivity index (χ0n) is 13.6. The SMILES string of the molecule is COC(=O)c1ccccc1N1C(=O)[C@H]2[C@H](C1=O)[C@]1(C)C=C[C@]2(C)O1. The van der Waals surface area contributed by atoms with E-state index in [4.69, 9.17) is 9.47 Å². The Hall–Kier alpha value is -2.47. The van der Waals surface area contributed by atoms with E-state index in [1.807, 2.05) is 26.0 Å². The van der Waals surface area contributed by atoms with Gasteiger partial charge in [-0.25, -0.2) is 9.69 Å². The summed E-state index contributed by atoms with van der Waals surface area (Å²) in [5.74, 6) is -2.41. The maximum atomic E-state index is 13.0. The number of rotatable bonds is 2. The minimum absolute atomic E-state index is 0.193. The summed E-state index contributed by atoms with van der Waals surface area (Å²) in [4.78, 5) is 39.2. The van der Waals surface area contributed by atoms with Crippen LogP contribution in [0.4, 0.5) is 5.69 Å². The summed E-state index contributed by atoms with van der Waals surface area (Å²) < 4.78 is 10.7. The molecule has 1 aromatic rings. The molecule has 3 aliphatic rings. The second-order valence-corrected chi connectivity index (χ2v) is 6.78. The van der Waals surface area contributed by atoms with Gasteiger partial charge in [0.1, 0.15) is 0 Å². The normalized spacial score (nSPS) is 36.4. The molecule has 2 bridgehead atoms. The fourth-order valence-corrected chi connectivity index (χ4v) is 4.22. The Morgan fingerprint density at radius 2 is 1.62 bits per heavy atom. The highest BCUT2D eigenvalue weighted by Crippen LogP contribution is 2.57. The number of ether oxygens (including phenoxy) is 2. The van der Waals surface area contributed by atoms with Crippen molar-refractivity contribution in [3.8, 4) is 0 Å². The third-order valence-electron chi connectivity index (χ3n) is 5.28. The maximum Gasteiger partial charge on any atom is 0.339 e. The number of esters is 1. The summed E-state index contributed by atoms with van der Waals surface area (Å²) >= 11 is 0. The summed E-state index contributed by atoms with van der Waals surface area (Å²) in [6, 6.07) is 6.48. The van der Waals surface area contributed by atoms with Gasteiger partial charge in [-0.1, -0.05) is 24.3 Å². The number of carbonyl (C=O) groups excluding carboxylic acids is 3. The zero-order chi connectivity index (χ0) is 17.3. The Labute approximate surface area is 139 Å². The van der Waals surface area contributed by atoms with E-state index in [0.717, 1.165) is 4.90 Å². The third kappa shape index (κ3) is 1.66. The van der Waals surface area contributed by atoms with Gasteiger partial charge in [0, 0.05) is 0 Å². The van der Waals surface area contributed by atoms with Gasteiger partial charge in [0.15, 0.2) is 0 Å². The molecule has 3 heterocycles.